The van der Waals surface area contributed by atoms with E-state index in [0.717, 1.165) is 27.8 Å². The van der Waals surface area contributed by atoms with Crippen molar-refractivity contribution in [1.29, 1.82) is 0 Å². The van der Waals surface area contributed by atoms with Crippen LogP contribution in [0.3, 0.4) is 0 Å². The maximum Gasteiger partial charge on any atom is 0.411 e. The number of nitrogens with one attached hydrogen (secondary N) is 1. The summed E-state index contributed by atoms with van der Waals surface area (Å²) < 4.78 is 5.61. The number of carbonyl (C=O) groups is 4. The maximum absolute atomic E-state index is 12.6. The number of fused-ring (bicyclic) bond motifs is 4. The second-order valence-corrected chi connectivity index (χ2v) is 10.1. The normalized spacial score (nSPS) is 14.2. The van der Waals surface area contributed by atoms with E-state index < -0.39 is 23.9 Å². The van der Waals surface area contributed by atoms with E-state index in [2.05, 4.69) is 29.6 Å². The van der Waals surface area contributed by atoms with Gasteiger partial charge >= 0.3 is 12.1 Å². The SMILES string of the molecule is CC(CC(=O)ON1C(=O)c2ccccc2C1=O)c1ccc(NC(=O)OCC2c3ccccc3-c3ccccc32)cc1. The molecule has 41 heavy (non-hydrogen) atoms. The molecule has 2 aliphatic rings. The second kappa shape index (κ2) is 10.7. The van der Waals surface area contributed by atoms with Crippen molar-refractivity contribution in [2.45, 2.75) is 25.2 Å². The lowest BCUT2D eigenvalue weighted by Gasteiger charge is -2.16. The number of anilines is 1. The lowest BCUT2D eigenvalue weighted by molar-refractivity contribution is -0.168. The standard InChI is InChI=1S/C33H26N2O6/c1-20(18-30(36)41-35-31(37)27-12-6-7-13-28(27)32(35)38)21-14-16-22(17-15-21)34-33(39)40-19-29-25-10-4-2-8-23(25)24-9-3-5-11-26(24)29/h2-17,20,29H,18-19H2,1H3,(H,34,39). The number of hydroxylamine groups is 2. The predicted octanol–water partition coefficient (Wildman–Crippen LogP) is 6.30. The summed E-state index contributed by atoms with van der Waals surface area (Å²) in [4.78, 5) is 55.1. The Kier molecular flexibility index (Phi) is 6.81. The number of hydrogen-bond donors (Lipinski definition) is 1. The van der Waals surface area contributed by atoms with Crippen LogP contribution >= 0.6 is 0 Å². The Labute approximate surface area is 236 Å². The molecule has 3 amide bonds. The van der Waals surface area contributed by atoms with E-state index in [-0.39, 0.29) is 36.0 Å². The quantitative estimate of drug-likeness (QED) is 0.273. The van der Waals surface area contributed by atoms with Crippen LogP contribution in [0.4, 0.5) is 10.5 Å². The molecule has 1 unspecified atom stereocenters. The van der Waals surface area contributed by atoms with Gasteiger partial charge in [-0.2, -0.15) is 0 Å². The third-order valence-electron chi connectivity index (χ3n) is 7.49. The van der Waals surface area contributed by atoms with Gasteiger partial charge in [0.2, 0.25) is 0 Å². The van der Waals surface area contributed by atoms with Crippen molar-refractivity contribution < 1.29 is 28.8 Å². The van der Waals surface area contributed by atoms with Crippen LogP contribution in [0.25, 0.3) is 11.1 Å². The first-order valence-electron chi connectivity index (χ1n) is 13.3. The van der Waals surface area contributed by atoms with E-state index in [1.807, 2.05) is 31.2 Å². The van der Waals surface area contributed by atoms with E-state index in [9.17, 15) is 19.2 Å². The Balaban J connectivity index is 1.02. The average molecular weight is 547 g/mol. The highest BCUT2D eigenvalue weighted by molar-refractivity contribution is 6.20. The van der Waals surface area contributed by atoms with Gasteiger partial charge in [-0.1, -0.05) is 84.8 Å². The minimum Gasteiger partial charge on any atom is -0.448 e. The number of ether oxygens (including phenoxy) is 1. The number of rotatable bonds is 7. The fourth-order valence-corrected chi connectivity index (χ4v) is 5.40. The van der Waals surface area contributed by atoms with Crippen LogP contribution in [0.2, 0.25) is 0 Å². The zero-order valence-electron chi connectivity index (χ0n) is 22.2. The molecule has 4 aromatic rings. The van der Waals surface area contributed by atoms with Crippen molar-refractivity contribution in [1.82, 2.24) is 5.06 Å². The molecule has 1 aliphatic carbocycles. The molecule has 1 heterocycles. The predicted molar refractivity (Wildman–Crippen MR) is 151 cm³/mol. The summed E-state index contributed by atoms with van der Waals surface area (Å²) in [6.07, 6.45) is -0.607. The molecule has 1 N–H and O–H groups in total. The second-order valence-electron chi connectivity index (χ2n) is 10.1. The molecule has 1 aliphatic heterocycles. The van der Waals surface area contributed by atoms with Crippen LogP contribution in [-0.4, -0.2) is 35.5 Å². The fourth-order valence-electron chi connectivity index (χ4n) is 5.40. The zero-order valence-corrected chi connectivity index (χ0v) is 22.2. The smallest absolute Gasteiger partial charge is 0.411 e. The molecule has 0 saturated carbocycles. The molecule has 0 fully saturated rings. The van der Waals surface area contributed by atoms with Gasteiger partial charge in [0.25, 0.3) is 11.8 Å². The first-order chi connectivity index (χ1) is 19.9. The summed E-state index contributed by atoms with van der Waals surface area (Å²) >= 11 is 0. The van der Waals surface area contributed by atoms with Crippen LogP contribution in [0.1, 0.15) is 62.6 Å². The maximum atomic E-state index is 12.6. The van der Waals surface area contributed by atoms with E-state index in [4.69, 9.17) is 9.57 Å². The number of nitrogens with zero attached hydrogens (tertiary/aromatic N) is 1. The van der Waals surface area contributed by atoms with Crippen molar-refractivity contribution in [3.63, 3.8) is 0 Å². The number of benzene rings is 4. The average Bonchev–Trinajstić information content (AvgIpc) is 3.43. The van der Waals surface area contributed by atoms with Crippen molar-refractivity contribution >= 4 is 29.6 Å². The first kappa shape index (κ1) is 26.0. The molecule has 204 valence electrons. The lowest BCUT2D eigenvalue weighted by atomic mass is 9.98. The Morgan fingerprint density at radius 1 is 0.756 bits per heavy atom. The Morgan fingerprint density at radius 3 is 1.83 bits per heavy atom. The highest BCUT2D eigenvalue weighted by Crippen LogP contribution is 2.44. The van der Waals surface area contributed by atoms with Gasteiger partial charge in [-0.25, -0.2) is 9.59 Å². The summed E-state index contributed by atoms with van der Waals surface area (Å²) in [5.74, 6) is -2.31. The van der Waals surface area contributed by atoms with Crippen molar-refractivity contribution in [3.05, 3.63) is 125 Å². The Hall–Kier alpha value is -5.24. The molecule has 0 bridgehead atoms. The fraction of sp³-hybridized carbons (Fsp3) is 0.152. The minimum absolute atomic E-state index is 0.0311. The molecule has 8 heteroatoms. The highest BCUT2D eigenvalue weighted by atomic mass is 16.7. The van der Waals surface area contributed by atoms with Crippen LogP contribution < -0.4 is 5.32 Å². The van der Waals surface area contributed by atoms with Crippen LogP contribution in [-0.2, 0) is 14.4 Å². The van der Waals surface area contributed by atoms with Gasteiger partial charge in [-0.15, -0.1) is 0 Å². The van der Waals surface area contributed by atoms with Crippen molar-refractivity contribution in [2.75, 3.05) is 11.9 Å². The third-order valence-corrected chi connectivity index (χ3v) is 7.49. The zero-order chi connectivity index (χ0) is 28.5. The topological polar surface area (TPSA) is 102 Å². The molecule has 0 saturated heterocycles. The Morgan fingerprint density at radius 2 is 1.27 bits per heavy atom. The van der Waals surface area contributed by atoms with Gasteiger partial charge in [-0.05, 0) is 58.0 Å². The molecule has 1 atom stereocenters. The number of amides is 3. The van der Waals surface area contributed by atoms with Gasteiger partial charge in [0.15, 0.2) is 0 Å². The number of imide groups is 1. The van der Waals surface area contributed by atoms with Gasteiger partial charge in [0.05, 0.1) is 17.5 Å². The minimum atomic E-state index is -0.701. The summed E-state index contributed by atoms with van der Waals surface area (Å²) in [5, 5.41) is 3.27. The van der Waals surface area contributed by atoms with Crippen LogP contribution in [0.15, 0.2) is 97.1 Å². The largest absolute Gasteiger partial charge is 0.448 e. The van der Waals surface area contributed by atoms with Gasteiger partial charge < -0.3 is 9.57 Å². The number of hydrogen-bond acceptors (Lipinski definition) is 6. The molecular weight excluding hydrogens is 520 g/mol. The molecule has 0 radical (unpaired) electrons. The lowest BCUT2D eigenvalue weighted by Crippen LogP contribution is -2.33. The summed E-state index contributed by atoms with van der Waals surface area (Å²) in [7, 11) is 0. The van der Waals surface area contributed by atoms with Crippen molar-refractivity contribution in [3.8, 4) is 11.1 Å². The third kappa shape index (κ3) is 4.96. The van der Waals surface area contributed by atoms with Crippen LogP contribution in [0.5, 0.6) is 0 Å². The summed E-state index contributed by atoms with van der Waals surface area (Å²) in [5.41, 5.74) is 6.39. The van der Waals surface area contributed by atoms with E-state index >= 15 is 0 Å². The summed E-state index contributed by atoms with van der Waals surface area (Å²) in [6.45, 7) is 2.04. The Bertz CT molecular complexity index is 1600. The van der Waals surface area contributed by atoms with Crippen molar-refractivity contribution in [2.24, 2.45) is 0 Å². The van der Waals surface area contributed by atoms with Gasteiger partial charge in [0, 0.05) is 11.6 Å². The number of carbonyl (C=O) groups excluding carboxylic acids is 4. The molecule has 4 aromatic carbocycles. The monoisotopic (exact) mass is 546 g/mol. The molecule has 0 spiro atoms. The molecule has 6 rings (SSSR count). The van der Waals surface area contributed by atoms with E-state index in [0.29, 0.717) is 10.8 Å². The molecule has 0 aromatic heterocycles. The summed E-state index contributed by atoms with van der Waals surface area (Å²) in [6, 6.07) is 29.6. The molecular formula is C33H26N2O6. The first-order valence-corrected chi connectivity index (χ1v) is 13.3. The van der Waals surface area contributed by atoms with Gasteiger partial charge in [0.1, 0.15) is 6.61 Å². The van der Waals surface area contributed by atoms with E-state index in [1.54, 1.807) is 36.4 Å². The van der Waals surface area contributed by atoms with Crippen LogP contribution in [0, 0.1) is 0 Å². The van der Waals surface area contributed by atoms with E-state index in [1.165, 1.54) is 12.1 Å². The molecule has 8 nitrogen and oxygen atoms in total. The van der Waals surface area contributed by atoms with Gasteiger partial charge in [-0.3, -0.25) is 14.9 Å². The highest BCUT2D eigenvalue weighted by Gasteiger charge is 2.38.